The molecule has 0 bridgehead atoms. The fraction of sp³-hybridized carbons (Fsp3) is 0.429. The molecule has 1 aromatic carbocycles. The van der Waals surface area contributed by atoms with E-state index in [0.717, 1.165) is 31.3 Å². The third-order valence-corrected chi connectivity index (χ3v) is 6.20. The number of carbonyl (C=O) groups excluding carboxylic acids is 1. The minimum absolute atomic E-state index is 0.101. The second-order valence-electron chi connectivity index (χ2n) is 8.21. The summed E-state index contributed by atoms with van der Waals surface area (Å²) in [6.07, 6.45) is 1.33. The van der Waals surface area contributed by atoms with Gasteiger partial charge in [-0.15, -0.1) is 0 Å². The van der Waals surface area contributed by atoms with E-state index < -0.39 is 0 Å². The molecule has 1 amide bonds. The van der Waals surface area contributed by atoms with E-state index in [2.05, 4.69) is 49.3 Å². The van der Waals surface area contributed by atoms with Crippen molar-refractivity contribution in [3.8, 4) is 0 Å². The molecule has 5 rings (SSSR count). The van der Waals surface area contributed by atoms with Crippen LogP contribution in [0.4, 0.5) is 0 Å². The summed E-state index contributed by atoms with van der Waals surface area (Å²) in [5.74, 6) is 2.10. The van der Waals surface area contributed by atoms with Gasteiger partial charge in [-0.3, -0.25) is 14.8 Å². The summed E-state index contributed by atoms with van der Waals surface area (Å²) in [7, 11) is 0. The number of aryl methyl sites for hydroxylation is 2. The predicted molar refractivity (Wildman–Crippen MR) is 105 cm³/mol. The Kier molecular flexibility index (Phi) is 4.24. The number of nitrogens with zero attached hydrogens (tertiary/aromatic N) is 5. The number of carbonyl (C=O) groups is 1. The van der Waals surface area contributed by atoms with Crippen molar-refractivity contribution < 1.29 is 9.21 Å². The number of aromatic nitrogens is 4. The summed E-state index contributed by atoms with van der Waals surface area (Å²) in [5.41, 5.74) is 1.64. The zero-order chi connectivity index (χ0) is 20.0. The van der Waals surface area contributed by atoms with Crippen LogP contribution in [0, 0.1) is 19.8 Å². The van der Waals surface area contributed by atoms with Gasteiger partial charge < -0.3 is 9.32 Å². The van der Waals surface area contributed by atoms with Crippen molar-refractivity contribution in [3.63, 3.8) is 0 Å². The van der Waals surface area contributed by atoms with E-state index in [9.17, 15) is 4.79 Å². The molecular weight excluding hydrogens is 368 g/mol. The average Bonchev–Trinajstić information content (AvgIpc) is 3.45. The molecule has 0 spiro atoms. The van der Waals surface area contributed by atoms with Gasteiger partial charge in [-0.25, -0.2) is 9.97 Å². The van der Waals surface area contributed by atoms with Gasteiger partial charge in [0.25, 0.3) is 5.91 Å². The molecule has 2 atom stereocenters. The van der Waals surface area contributed by atoms with Crippen LogP contribution in [0.25, 0.3) is 0 Å². The van der Waals surface area contributed by atoms with E-state index in [1.54, 1.807) is 6.92 Å². The zero-order valence-corrected chi connectivity index (χ0v) is 16.6. The second-order valence-corrected chi connectivity index (χ2v) is 8.21. The number of likely N-dealkylation sites (tertiary alicyclic amines) is 2. The Labute approximate surface area is 168 Å². The fourth-order valence-corrected chi connectivity index (χ4v) is 4.82. The molecule has 8 nitrogen and oxygen atoms in total. The van der Waals surface area contributed by atoms with Gasteiger partial charge in [0, 0.05) is 38.6 Å². The number of H-pyrrole nitrogens is 1. The number of aromatic amines is 1. The average molecular weight is 392 g/mol. The van der Waals surface area contributed by atoms with Gasteiger partial charge in [0.05, 0.1) is 11.1 Å². The predicted octanol–water partition coefficient (Wildman–Crippen LogP) is 1.94. The largest absolute Gasteiger partial charge is 0.438 e. The zero-order valence-electron chi connectivity index (χ0n) is 16.6. The summed E-state index contributed by atoms with van der Waals surface area (Å²) in [4.78, 5) is 26.1. The number of fused-ring (bicyclic) bond motifs is 1. The van der Waals surface area contributed by atoms with Gasteiger partial charge >= 0.3 is 0 Å². The van der Waals surface area contributed by atoms with Gasteiger partial charge in [-0.2, -0.15) is 5.10 Å². The molecule has 150 valence electrons. The van der Waals surface area contributed by atoms with E-state index in [-0.39, 0.29) is 17.2 Å². The maximum absolute atomic E-state index is 13.0. The molecule has 2 saturated heterocycles. The SMILES string of the molecule is Cc1nc([C@]23CN(Cc4ccccc4)C[C@H]2CN(C(=O)c2ocnc2C)C3)n[nH]1. The number of hydrogen-bond acceptors (Lipinski definition) is 6. The lowest BCUT2D eigenvalue weighted by Crippen LogP contribution is -2.40. The van der Waals surface area contributed by atoms with Gasteiger partial charge in [0.15, 0.2) is 12.2 Å². The molecule has 0 unspecified atom stereocenters. The Hall–Kier alpha value is -3.00. The Morgan fingerprint density at radius 1 is 1.24 bits per heavy atom. The first-order valence-electron chi connectivity index (χ1n) is 9.90. The molecule has 3 aromatic rings. The van der Waals surface area contributed by atoms with E-state index in [0.29, 0.717) is 24.5 Å². The Morgan fingerprint density at radius 2 is 2.07 bits per heavy atom. The Morgan fingerprint density at radius 3 is 2.76 bits per heavy atom. The maximum atomic E-state index is 13.0. The number of oxazole rings is 1. The summed E-state index contributed by atoms with van der Waals surface area (Å²) in [6, 6.07) is 10.5. The van der Waals surface area contributed by atoms with Crippen molar-refractivity contribution >= 4 is 5.91 Å². The minimum Gasteiger partial charge on any atom is -0.438 e. The molecule has 2 fully saturated rings. The Balaban J connectivity index is 1.42. The van der Waals surface area contributed by atoms with Gasteiger partial charge in [-0.05, 0) is 19.4 Å². The lowest BCUT2D eigenvalue weighted by Gasteiger charge is -2.26. The molecule has 1 N–H and O–H groups in total. The number of rotatable bonds is 4. The highest BCUT2D eigenvalue weighted by molar-refractivity contribution is 5.92. The van der Waals surface area contributed by atoms with Crippen molar-refractivity contribution in [3.05, 3.63) is 65.4 Å². The molecule has 0 aliphatic carbocycles. The van der Waals surface area contributed by atoms with Crippen LogP contribution >= 0.6 is 0 Å². The lowest BCUT2D eigenvalue weighted by molar-refractivity contribution is 0.0736. The topological polar surface area (TPSA) is 91.2 Å². The van der Waals surface area contributed by atoms with Gasteiger partial charge in [0.1, 0.15) is 5.82 Å². The molecule has 8 heteroatoms. The van der Waals surface area contributed by atoms with Crippen molar-refractivity contribution in [1.29, 1.82) is 0 Å². The second kappa shape index (κ2) is 6.81. The Bertz CT molecular complexity index is 1030. The number of benzene rings is 1. The van der Waals surface area contributed by atoms with E-state index in [1.165, 1.54) is 12.0 Å². The van der Waals surface area contributed by atoms with Crippen molar-refractivity contribution in [2.75, 3.05) is 26.2 Å². The maximum Gasteiger partial charge on any atom is 0.291 e. The standard InChI is InChI=1S/C21H24N6O2/c1-14-18(29-13-22-14)19(28)27-10-17-9-26(8-16-6-4-3-5-7-16)11-21(17,12-27)20-23-15(2)24-25-20/h3-7,13,17H,8-12H2,1-2H3,(H,23,24,25)/t17-,21-/m0/s1. The van der Waals surface area contributed by atoms with Crippen LogP contribution in [0.15, 0.2) is 41.1 Å². The molecule has 29 heavy (non-hydrogen) atoms. The van der Waals surface area contributed by atoms with Crippen LogP contribution in [0.2, 0.25) is 0 Å². The third kappa shape index (κ3) is 3.04. The molecule has 2 aliphatic rings. The minimum atomic E-state index is -0.275. The quantitative estimate of drug-likeness (QED) is 0.730. The summed E-state index contributed by atoms with van der Waals surface area (Å²) < 4.78 is 5.35. The summed E-state index contributed by atoms with van der Waals surface area (Å²) in [6.45, 7) is 7.57. The highest BCUT2D eigenvalue weighted by Gasteiger charge is 2.57. The van der Waals surface area contributed by atoms with Gasteiger partial charge in [-0.1, -0.05) is 30.3 Å². The van der Waals surface area contributed by atoms with Crippen LogP contribution in [0.1, 0.15) is 33.5 Å². The smallest absolute Gasteiger partial charge is 0.291 e. The van der Waals surface area contributed by atoms with E-state index >= 15 is 0 Å². The normalized spacial score (nSPS) is 24.2. The first kappa shape index (κ1) is 18.1. The fourth-order valence-electron chi connectivity index (χ4n) is 4.82. The third-order valence-electron chi connectivity index (χ3n) is 6.20. The molecule has 0 saturated carbocycles. The molecule has 0 radical (unpaired) electrons. The highest BCUT2D eigenvalue weighted by Crippen LogP contribution is 2.44. The molecule has 4 heterocycles. The lowest BCUT2D eigenvalue weighted by atomic mass is 9.80. The number of hydrogen-bond donors (Lipinski definition) is 1. The first-order valence-corrected chi connectivity index (χ1v) is 9.90. The van der Waals surface area contributed by atoms with Crippen molar-refractivity contribution in [2.45, 2.75) is 25.8 Å². The van der Waals surface area contributed by atoms with Crippen molar-refractivity contribution in [2.24, 2.45) is 5.92 Å². The molecular formula is C21H24N6O2. The highest BCUT2D eigenvalue weighted by atomic mass is 16.3. The molecule has 2 aliphatic heterocycles. The molecule has 2 aromatic heterocycles. The number of nitrogens with one attached hydrogen (secondary N) is 1. The van der Waals surface area contributed by atoms with E-state index in [1.807, 2.05) is 17.9 Å². The first-order chi connectivity index (χ1) is 14.0. The van der Waals surface area contributed by atoms with Gasteiger partial charge in [0.2, 0.25) is 5.76 Å². The van der Waals surface area contributed by atoms with Crippen LogP contribution in [-0.4, -0.2) is 62.1 Å². The number of amides is 1. The van der Waals surface area contributed by atoms with Crippen LogP contribution in [0.5, 0.6) is 0 Å². The van der Waals surface area contributed by atoms with Crippen LogP contribution < -0.4 is 0 Å². The summed E-state index contributed by atoms with van der Waals surface area (Å²) in [5, 5.41) is 7.50. The van der Waals surface area contributed by atoms with Crippen molar-refractivity contribution in [1.82, 2.24) is 30.0 Å². The van der Waals surface area contributed by atoms with Crippen LogP contribution in [-0.2, 0) is 12.0 Å². The summed E-state index contributed by atoms with van der Waals surface area (Å²) >= 11 is 0. The monoisotopic (exact) mass is 392 g/mol. The van der Waals surface area contributed by atoms with E-state index in [4.69, 9.17) is 4.42 Å². The van der Waals surface area contributed by atoms with Crippen LogP contribution in [0.3, 0.4) is 0 Å².